The van der Waals surface area contributed by atoms with Crippen molar-refractivity contribution in [3.63, 3.8) is 0 Å². The molecule has 6 heteroatoms. The van der Waals surface area contributed by atoms with Crippen LogP contribution in [0, 0.1) is 6.92 Å². The molecule has 3 heterocycles. The number of aromatic nitrogens is 4. The van der Waals surface area contributed by atoms with Gasteiger partial charge in [0.1, 0.15) is 11.6 Å². The third-order valence-corrected chi connectivity index (χ3v) is 3.20. The normalized spacial score (nSPS) is 16.3. The van der Waals surface area contributed by atoms with Gasteiger partial charge in [-0.2, -0.15) is 5.10 Å². The number of likely N-dealkylation sites (N-methyl/N-ethyl adjacent to an activating group) is 1. The summed E-state index contributed by atoms with van der Waals surface area (Å²) in [5.74, 6) is 1.80. The quantitative estimate of drug-likeness (QED) is 0.842. The number of hydrogen-bond donors (Lipinski definition) is 1. The zero-order valence-electron chi connectivity index (χ0n) is 12.1. The maximum atomic E-state index is 4.56. The molecule has 3 rings (SSSR count). The number of anilines is 1. The summed E-state index contributed by atoms with van der Waals surface area (Å²) in [6, 6.07) is 0. The number of nitrogens with one attached hydrogen (secondary N) is 1. The second-order valence-electron chi connectivity index (χ2n) is 4.52. The van der Waals surface area contributed by atoms with Gasteiger partial charge in [-0.15, -0.1) is 0 Å². The molecule has 1 aliphatic heterocycles. The lowest BCUT2D eigenvalue weighted by Crippen LogP contribution is -2.45. The highest BCUT2D eigenvalue weighted by Crippen LogP contribution is 2.22. The van der Waals surface area contributed by atoms with Crippen molar-refractivity contribution < 1.29 is 0 Å². The largest absolute Gasteiger partial charge is 0.353 e. The van der Waals surface area contributed by atoms with Crippen LogP contribution >= 0.6 is 0 Å². The van der Waals surface area contributed by atoms with Gasteiger partial charge >= 0.3 is 0 Å². The molecule has 0 saturated carbocycles. The minimum Gasteiger partial charge on any atom is -0.353 e. The van der Waals surface area contributed by atoms with E-state index in [4.69, 9.17) is 0 Å². The summed E-state index contributed by atoms with van der Waals surface area (Å²) < 4.78 is 0. The van der Waals surface area contributed by atoms with Crippen LogP contribution in [0.1, 0.15) is 19.7 Å². The Labute approximate surface area is 113 Å². The molecule has 1 aliphatic rings. The van der Waals surface area contributed by atoms with Crippen molar-refractivity contribution in [1.82, 2.24) is 25.1 Å². The molecule has 104 valence electrons. The second kappa shape index (κ2) is 5.97. The Kier molecular flexibility index (Phi) is 4.31. The van der Waals surface area contributed by atoms with E-state index in [9.17, 15) is 0 Å². The van der Waals surface area contributed by atoms with E-state index in [1.165, 1.54) is 0 Å². The van der Waals surface area contributed by atoms with Crippen molar-refractivity contribution in [1.29, 1.82) is 0 Å². The Morgan fingerprint density at radius 2 is 1.79 bits per heavy atom. The molecule has 0 atom stereocenters. The third-order valence-electron chi connectivity index (χ3n) is 3.20. The Hall–Kier alpha value is -1.69. The van der Waals surface area contributed by atoms with Gasteiger partial charge in [0.2, 0.25) is 0 Å². The van der Waals surface area contributed by atoms with E-state index in [1.54, 1.807) is 0 Å². The molecule has 2 aromatic rings. The molecule has 2 aromatic heterocycles. The number of fused-ring (bicyclic) bond motifs is 1. The summed E-state index contributed by atoms with van der Waals surface area (Å²) in [4.78, 5) is 13.5. The van der Waals surface area contributed by atoms with Crippen LogP contribution in [-0.2, 0) is 0 Å². The summed E-state index contributed by atoms with van der Waals surface area (Å²) in [5.41, 5.74) is 0.825. The number of nitrogens with zero attached hydrogens (tertiary/aromatic N) is 5. The Morgan fingerprint density at radius 1 is 1.11 bits per heavy atom. The van der Waals surface area contributed by atoms with Crippen molar-refractivity contribution in [3.05, 3.63) is 12.0 Å². The molecule has 0 aromatic carbocycles. The van der Waals surface area contributed by atoms with Crippen LogP contribution in [0.15, 0.2) is 6.20 Å². The van der Waals surface area contributed by atoms with Crippen LogP contribution in [0.4, 0.5) is 5.82 Å². The van der Waals surface area contributed by atoms with Gasteiger partial charge in [-0.1, -0.05) is 13.8 Å². The van der Waals surface area contributed by atoms with Crippen molar-refractivity contribution in [2.75, 3.05) is 38.1 Å². The number of aryl methyl sites for hydroxylation is 1. The van der Waals surface area contributed by atoms with E-state index in [1.807, 2.05) is 27.0 Å². The highest BCUT2D eigenvalue weighted by atomic mass is 15.3. The monoisotopic (exact) mass is 262 g/mol. The summed E-state index contributed by atoms with van der Waals surface area (Å²) in [7, 11) is 2.15. The predicted octanol–water partition coefficient (Wildman–Crippen LogP) is 1.44. The predicted molar refractivity (Wildman–Crippen MR) is 77.5 cm³/mol. The molecule has 1 N–H and O–H groups in total. The van der Waals surface area contributed by atoms with Gasteiger partial charge in [0.05, 0.1) is 11.6 Å². The molecule has 6 nitrogen and oxygen atoms in total. The molecule has 0 bridgehead atoms. The maximum absolute atomic E-state index is 4.56. The first-order valence-electron chi connectivity index (χ1n) is 6.85. The average Bonchev–Trinajstić information content (AvgIpc) is 2.89. The van der Waals surface area contributed by atoms with Gasteiger partial charge in [0.15, 0.2) is 5.65 Å². The van der Waals surface area contributed by atoms with Gasteiger partial charge in [-0.25, -0.2) is 9.97 Å². The minimum absolute atomic E-state index is 0.788. The topological polar surface area (TPSA) is 60.9 Å². The number of rotatable bonds is 1. The summed E-state index contributed by atoms with van der Waals surface area (Å²) in [5, 5.41) is 7.97. The molecule has 0 spiro atoms. The Balaban J connectivity index is 0.000000637. The standard InChI is InChI=1S/C11H16N6.C2H6/c1-8-13-10-9(7-12-15-10)11(14-8)17-5-3-16(2)4-6-17;1-2/h7H,3-6H2,1-2H3,(H,12,13,14,15);1-2H3. The summed E-state index contributed by atoms with van der Waals surface area (Å²) in [6.07, 6.45) is 1.81. The van der Waals surface area contributed by atoms with Crippen LogP contribution in [0.3, 0.4) is 0 Å². The zero-order valence-corrected chi connectivity index (χ0v) is 12.1. The second-order valence-corrected chi connectivity index (χ2v) is 4.52. The number of H-pyrrole nitrogens is 1. The molecule has 19 heavy (non-hydrogen) atoms. The minimum atomic E-state index is 0.788. The van der Waals surface area contributed by atoms with E-state index in [0.717, 1.165) is 48.9 Å². The van der Waals surface area contributed by atoms with Crippen LogP contribution < -0.4 is 4.90 Å². The lowest BCUT2D eigenvalue weighted by Gasteiger charge is -2.33. The van der Waals surface area contributed by atoms with Crippen LogP contribution in [-0.4, -0.2) is 58.3 Å². The van der Waals surface area contributed by atoms with Crippen LogP contribution in [0.5, 0.6) is 0 Å². The number of piperazine rings is 1. The Morgan fingerprint density at radius 3 is 2.47 bits per heavy atom. The maximum Gasteiger partial charge on any atom is 0.161 e. The molecule has 0 radical (unpaired) electrons. The van der Waals surface area contributed by atoms with E-state index in [-0.39, 0.29) is 0 Å². The summed E-state index contributed by atoms with van der Waals surface area (Å²) >= 11 is 0. The van der Waals surface area contributed by atoms with E-state index >= 15 is 0 Å². The molecular weight excluding hydrogens is 240 g/mol. The first-order valence-corrected chi connectivity index (χ1v) is 6.85. The fourth-order valence-corrected chi connectivity index (χ4v) is 2.19. The van der Waals surface area contributed by atoms with E-state index in [0.29, 0.717) is 0 Å². The van der Waals surface area contributed by atoms with Crippen LogP contribution in [0.2, 0.25) is 0 Å². The molecule has 1 saturated heterocycles. The van der Waals surface area contributed by atoms with Gasteiger partial charge in [0, 0.05) is 26.2 Å². The van der Waals surface area contributed by atoms with Crippen molar-refractivity contribution in [2.45, 2.75) is 20.8 Å². The first-order chi connectivity index (χ1) is 9.24. The van der Waals surface area contributed by atoms with Crippen molar-refractivity contribution in [3.8, 4) is 0 Å². The molecule has 1 fully saturated rings. The smallest absolute Gasteiger partial charge is 0.161 e. The highest BCUT2D eigenvalue weighted by molar-refractivity contribution is 5.86. The third kappa shape index (κ3) is 2.84. The Bertz CT molecular complexity index is 527. The first kappa shape index (κ1) is 13.7. The van der Waals surface area contributed by atoms with Gasteiger partial charge in [0.25, 0.3) is 0 Å². The zero-order chi connectivity index (χ0) is 13.8. The lowest BCUT2D eigenvalue weighted by atomic mass is 10.3. The van der Waals surface area contributed by atoms with Gasteiger partial charge in [-0.05, 0) is 14.0 Å². The van der Waals surface area contributed by atoms with Gasteiger partial charge in [-0.3, -0.25) is 5.10 Å². The fraction of sp³-hybridized carbons (Fsp3) is 0.615. The average molecular weight is 262 g/mol. The summed E-state index contributed by atoms with van der Waals surface area (Å²) in [6.45, 7) is 10.1. The molecule has 0 amide bonds. The molecular formula is C13H22N6. The number of aromatic amines is 1. The van der Waals surface area contributed by atoms with Crippen molar-refractivity contribution in [2.24, 2.45) is 0 Å². The van der Waals surface area contributed by atoms with E-state index in [2.05, 4.69) is 37.0 Å². The lowest BCUT2D eigenvalue weighted by molar-refractivity contribution is 0.312. The fourth-order valence-electron chi connectivity index (χ4n) is 2.19. The molecule has 0 unspecified atom stereocenters. The highest BCUT2D eigenvalue weighted by Gasteiger charge is 2.18. The molecule has 0 aliphatic carbocycles. The van der Waals surface area contributed by atoms with Crippen LogP contribution in [0.25, 0.3) is 11.0 Å². The number of hydrogen-bond acceptors (Lipinski definition) is 5. The van der Waals surface area contributed by atoms with E-state index < -0.39 is 0 Å². The SMILES string of the molecule is CC.Cc1nc(N2CCN(C)CC2)c2cn[nH]c2n1. The van der Waals surface area contributed by atoms with Gasteiger partial charge < -0.3 is 9.80 Å². The van der Waals surface area contributed by atoms with Crippen molar-refractivity contribution >= 4 is 16.9 Å².